The number of likely N-dealkylation sites (N-methyl/N-ethyl adjacent to an activating group) is 1. The quantitative estimate of drug-likeness (QED) is 0.277. The van der Waals surface area contributed by atoms with Crippen molar-refractivity contribution >= 4 is 29.4 Å². The molecule has 0 saturated carbocycles. The molecule has 2 heterocycles. The van der Waals surface area contributed by atoms with Gasteiger partial charge in [-0.25, -0.2) is 10.0 Å². The van der Waals surface area contributed by atoms with E-state index >= 15 is 0 Å². The Hall–Kier alpha value is -3.60. The smallest absolute Gasteiger partial charge is 0.262 e. The van der Waals surface area contributed by atoms with Gasteiger partial charge in [-0.3, -0.25) is 9.59 Å². The zero-order valence-corrected chi connectivity index (χ0v) is 24.2. The van der Waals surface area contributed by atoms with Crippen LogP contribution in [0.25, 0.3) is 0 Å². The number of rotatable bonds is 10. The van der Waals surface area contributed by atoms with E-state index in [9.17, 15) is 9.59 Å². The predicted molar refractivity (Wildman–Crippen MR) is 157 cm³/mol. The normalized spacial score (nSPS) is 18.3. The first-order valence-electron chi connectivity index (χ1n) is 13.1. The van der Waals surface area contributed by atoms with Crippen molar-refractivity contribution < 1.29 is 14.3 Å². The molecule has 10 nitrogen and oxygen atoms in total. The zero-order valence-electron chi connectivity index (χ0n) is 23.5. The van der Waals surface area contributed by atoms with Crippen LogP contribution in [0.15, 0.2) is 70.7 Å². The highest BCUT2D eigenvalue weighted by atomic mass is 35.5. The average Bonchev–Trinajstić information content (AvgIpc) is 3.28. The number of nitrogens with one attached hydrogen (secondary N) is 4. The molecule has 0 spiro atoms. The molecule has 0 aliphatic carbocycles. The summed E-state index contributed by atoms with van der Waals surface area (Å²) in [5, 5.41) is 10.5. The fourth-order valence-electron chi connectivity index (χ4n) is 3.60. The van der Waals surface area contributed by atoms with Crippen molar-refractivity contribution in [2.24, 2.45) is 10.7 Å². The van der Waals surface area contributed by atoms with E-state index in [1.54, 1.807) is 37.4 Å². The minimum atomic E-state index is -0.493. The van der Waals surface area contributed by atoms with Crippen molar-refractivity contribution in [3.63, 3.8) is 0 Å². The molecule has 0 radical (unpaired) electrons. The molecule has 0 fully saturated rings. The summed E-state index contributed by atoms with van der Waals surface area (Å²) in [7, 11) is 1.79. The van der Waals surface area contributed by atoms with Gasteiger partial charge in [0.25, 0.3) is 5.91 Å². The lowest BCUT2D eigenvalue weighted by Gasteiger charge is -2.18. The number of carbonyl (C=O) groups is 2. The van der Waals surface area contributed by atoms with Gasteiger partial charge < -0.3 is 26.4 Å². The van der Waals surface area contributed by atoms with E-state index in [1.165, 1.54) is 5.01 Å². The Labute approximate surface area is 236 Å². The van der Waals surface area contributed by atoms with E-state index in [2.05, 4.69) is 33.3 Å². The first kappa shape index (κ1) is 31.6. The molecule has 2 aliphatic rings. The lowest BCUT2D eigenvalue weighted by molar-refractivity contribution is -0.128. The van der Waals surface area contributed by atoms with Crippen LogP contribution >= 0.6 is 11.6 Å². The Bertz CT molecular complexity index is 1170. The van der Waals surface area contributed by atoms with Crippen LogP contribution in [0.1, 0.15) is 57.8 Å². The Kier molecular flexibility index (Phi) is 12.7. The molecule has 0 aromatic heterocycles. The third kappa shape index (κ3) is 8.71. The van der Waals surface area contributed by atoms with Gasteiger partial charge in [-0.1, -0.05) is 62.7 Å². The molecule has 6 N–H and O–H groups in total. The third-order valence-corrected chi connectivity index (χ3v) is 6.00. The molecule has 0 bridgehead atoms. The van der Waals surface area contributed by atoms with Gasteiger partial charge in [0.1, 0.15) is 29.9 Å². The lowest BCUT2D eigenvalue weighted by Crippen LogP contribution is -2.48. The number of halogens is 1. The number of guanidine groups is 1. The monoisotopic (exact) mass is 557 g/mol. The minimum absolute atomic E-state index is 0.0306. The van der Waals surface area contributed by atoms with Gasteiger partial charge in [0.15, 0.2) is 0 Å². The lowest BCUT2D eigenvalue weighted by atomic mass is 10.2. The maximum absolute atomic E-state index is 12.9. The van der Waals surface area contributed by atoms with Crippen molar-refractivity contribution in [3.8, 4) is 5.75 Å². The summed E-state index contributed by atoms with van der Waals surface area (Å²) in [5.74, 6) is 0.208. The molecule has 1 aromatic carbocycles. The fraction of sp³-hybridized carbons (Fsp3) is 0.393. The van der Waals surface area contributed by atoms with Crippen LogP contribution in [-0.4, -0.2) is 48.6 Å². The van der Waals surface area contributed by atoms with Gasteiger partial charge in [-0.05, 0) is 51.1 Å². The largest absolute Gasteiger partial charge is 0.487 e. The molecule has 39 heavy (non-hydrogen) atoms. The summed E-state index contributed by atoms with van der Waals surface area (Å²) in [6.07, 6.45) is 10.1. The molecule has 2 unspecified atom stereocenters. The van der Waals surface area contributed by atoms with Crippen molar-refractivity contribution in [1.29, 1.82) is 0 Å². The number of nitrogens with zero attached hydrogens (tertiary/aromatic N) is 2. The van der Waals surface area contributed by atoms with E-state index in [0.29, 0.717) is 11.7 Å². The van der Waals surface area contributed by atoms with Crippen molar-refractivity contribution in [2.75, 3.05) is 13.7 Å². The van der Waals surface area contributed by atoms with E-state index < -0.39 is 5.91 Å². The van der Waals surface area contributed by atoms with Gasteiger partial charge in [-0.15, -0.1) is 0 Å². The van der Waals surface area contributed by atoms with Gasteiger partial charge in [-0.2, -0.15) is 5.43 Å². The predicted octanol–water partition coefficient (Wildman–Crippen LogP) is 3.70. The summed E-state index contributed by atoms with van der Waals surface area (Å²) in [5.41, 5.74) is 10.8. The van der Waals surface area contributed by atoms with E-state index in [0.717, 1.165) is 12.0 Å². The number of ether oxygens (including phenoxy) is 1. The van der Waals surface area contributed by atoms with Crippen LogP contribution in [0, 0.1) is 0 Å². The summed E-state index contributed by atoms with van der Waals surface area (Å²) in [4.78, 5) is 30.3. The number of benzene rings is 1. The van der Waals surface area contributed by atoms with E-state index in [4.69, 9.17) is 22.1 Å². The van der Waals surface area contributed by atoms with Crippen molar-refractivity contribution in [3.05, 3.63) is 76.3 Å². The van der Waals surface area contributed by atoms with Crippen LogP contribution < -0.4 is 31.8 Å². The highest BCUT2D eigenvalue weighted by molar-refractivity contribution is 6.34. The summed E-state index contributed by atoms with van der Waals surface area (Å²) >= 11 is 6.34. The Balaban J connectivity index is 0.00000260. The van der Waals surface area contributed by atoms with Crippen LogP contribution in [0.4, 0.5) is 0 Å². The fourth-order valence-corrected chi connectivity index (χ4v) is 3.85. The van der Waals surface area contributed by atoms with E-state index in [-0.39, 0.29) is 53.3 Å². The molecule has 2 atom stereocenters. The zero-order chi connectivity index (χ0) is 28.9. The molecule has 11 heteroatoms. The number of hydrazine groups is 1. The minimum Gasteiger partial charge on any atom is -0.487 e. The maximum Gasteiger partial charge on any atom is 0.262 e. The molecule has 2 aliphatic heterocycles. The van der Waals surface area contributed by atoms with Crippen molar-refractivity contribution in [1.82, 2.24) is 26.4 Å². The van der Waals surface area contributed by atoms with Gasteiger partial charge >= 0.3 is 0 Å². The molecular formula is C28H40ClN7O3. The summed E-state index contributed by atoms with van der Waals surface area (Å²) < 4.78 is 5.97. The van der Waals surface area contributed by atoms with Crippen LogP contribution in [0.3, 0.4) is 0 Å². The summed E-state index contributed by atoms with van der Waals surface area (Å²) in [6, 6.07) is 4.91. The Morgan fingerprint density at radius 3 is 2.79 bits per heavy atom. The van der Waals surface area contributed by atoms with Crippen LogP contribution in [0.2, 0.25) is 5.02 Å². The van der Waals surface area contributed by atoms with Gasteiger partial charge in [0, 0.05) is 12.5 Å². The number of hydrogen-bond donors (Lipinski definition) is 5. The van der Waals surface area contributed by atoms with Gasteiger partial charge in [0.2, 0.25) is 11.9 Å². The molecule has 212 valence electrons. The SMILES string of the molecule is C/C=C(\C=C/CC)C1N=C2NC(COc3cccc(Cl)c3C(=O)N/C(N)=C\C(C)NC)=CCC(=O)N2N1.CC. The second kappa shape index (κ2) is 15.7. The van der Waals surface area contributed by atoms with Crippen LogP contribution in [-0.2, 0) is 4.79 Å². The topological polar surface area (TPSA) is 133 Å². The molecule has 1 aromatic rings. The molecular weight excluding hydrogens is 518 g/mol. The number of amides is 2. The highest BCUT2D eigenvalue weighted by Gasteiger charge is 2.32. The molecule has 3 rings (SSSR count). The Morgan fingerprint density at radius 2 is 2.13 bits per heavy atom. The second-order valence-corrected chi connectivity index (χ2v) is 8.83. The third-order valence-electron chi connectivity index (χ3n) is 5.68. The highest BCUT2D eigenvalue weighted by Crippen LogP contribution is 2.27. The molecule has 2 amide bonds. The first-order valence-corrected chi connectivity index (χ1v) is 13.5. The maximum atomic E-state index is 12.9. The average molecular weight is 558 g/mol. The number of carbonyl (C=O) groups excluding carboxylic acids is 2. The number of nitrogens with two attached hydrogens (primary N) is 1. The van der Waals surface area contributed by atoms with E-state index in [1.807, 2.05) is 45.9 Å². The van der Waals surface area contributed by atoms with Crippen molar-refractivity contribution in [2.45, 2.75) is 59.7 Å². The second-order valence-electron chi connectivity index (χ2n) is 8.43. The molecule has 0 saturated heterocycles. The Morgan fingerprint density at radius 1 is 1.38 bits per heavy atom. The number of allylic oxidation sites excluding steroid dienone is 2. The van der Waals surface area contributed by atoms with Crippen LogP contribution in [0.5, 0.6) is 5.75 Å². The number of aliphatic imine (C=N–C) groups is 1. The van der Waals surface area contributed by atoms with Gasteiger partial charge in [0.05, 0.1) is 10.7 Å². The summed E-state index contributed by atoms with van der Waals surface area (Å²) in [6.45, 7) is 9.94. The first-order chi connectivity index (χ1) is 18.8. The number of fused-ring (bicyclic) bond motifs is 1. The standard InChI is InChI=1S/C26H34ClN7O3.C2H6/c1-5-7-9-17(6-2)24-32-26-30-18(12-13-22(35)34(26)33-24)15-37-20-11-8-10-19(27)23(20)25(36)31-21(28)14-16(3)29-4;1-2/h6-12,14,16,24,29,33H,5,13,15,28H2,1-4H3,(H,30,32)(H,31,36);1-2H3/b9-7-,17-6+,21-14-;. The number of hydrogen-bond acceptors (Lipinski definition) is 8.